The van der Waals surface area contributed by atoms with Crippen molar-refractivity contribution in [2.75, 3.05) is 7.11 Å². The van der Waals surface area contributed by atoms with Crippen molar-refractivity contribution in [2.24, 2.45) is 5.73 Å². The lowest BCUT2D eigenvalue weighted by molar-refractivity contribution is 0.415. The molecule has 4 nitrogen and oxygen atoms in total. The summed E-state index contributed by atoms with van der Waals surface area (Å²) in [5, 5.41) is 0. The van der Waals surface area contributed by atoms with Gasteiger partial charge >= 0.3 is 0 Å². The minimum Gasteiger partial charge on any atom is -0.497 e. The van der Waals surface area contributed by atoms with Crippen molar-refractivity contribution in [3.63, 3.8) is 0 Å². The van der Waals surface area contributed by atoms with Gasteiger partial charge in [-0.2, -0.15) is 0 Å². The summed E-state index contributed by atoms with van der Waals surface area (Å²) in [6.45, 7) is 3.84. The van der Waals surface area contributed by atoms with Crippen LogP contribution in [0.2, 0.25) is 0 Å². The maximum absolute atomic E-state index is 14.6. The first-order valence-corrected chi connectivity index (χ1v) is 11.4. The Balaban J connectivity index is 1.93. The first kappa shape index (κ1) is 24.4. The Morgan fingerprint density at radius 3 is 2.23 bits per heavy atom. The molecule has 1 unspecified atom stereocenters. The van der Waals surface area contributed by atoms with Crippen LogP contribution in [0.15, 0.2) is 77.6 Å². The minimum atomic E-state index is -0.620. The molecule has 0 bridgehead atoms. The molecular formula is C29H28F2N2O2. The predicted octanol–water partition coefficient (Wildman–Crippen LogP) is 5.71. The van der Waals surface area contributed by atoms with E-state index in [9.17, 15) is 13.6 Å². The molecule has 0 aliphatic carbocycles. The molecule has 0 radical (unpaired) electrons. The first-order valence-electron chi connectivity index (χ1n) is 11.4. The fourth-order valence-electron chi connectivity index (χ4n) is 4.51. The molecule has 0 spiro atoms. The van der Waals surface area contributed by atoms with Crippen molar-refractivity contribution in [3.05, 3.63) is 123 Å². The minimum absolute atomic E-state index is 0.00793. The normalized spacial score (nSPS) is 11.9. The molecule has 0 saturated carbocycles. The first-order chi connectivity index (χ1) is 16.8. The number of halogens is 2. The van der Waals surface area contributed by atoms with Gasteiger partial charge in [0.1, 0.15) is 17.4 Å². The number of rotatable bonds is 7. The van der Waals surface area contributed by atoms with Crippen LogP contribution in [-0.2, 0) is 13.0 Å². The lowest BCUT2D eigenvalue weighted by atomic mass is 9.92. The number of hydrogen-bond acceptors (Lipinski definition) is 3. The SMILES string of the molecule is COc1cccc(-c2c(C)c(Cc3c(F)cccc3F)c(C)n(CC(N)c3ccccc3)c2=O)c1. The van der Waals surface area contributed by atoms with Crippen LogP contribution in [0.3, 0.4) is 0 Å². The van der Waals surface area contributed by atoms with E-state index in [0.29, 0.717) is 33.7 Å². The zero-order valence-electron chi connectivity index (χ0n) is 20.0. The summed E-state index contributed by atoms with van der Waals surface area (Å²) >= 11 is 0. The Morgan fingerprint density at radius 2 is 1.57 bits per heavy atom. The van der Waals surface area contributed by atoms with Gasteiger partial charge in [0, 0.05) is 30.3 Å². The van der Waals surface area contributed by atoms with Crippen molar-refractivity contribution in [3.8, 4) is 16.9 Å². The molecule has 0 fully saturated rings. The van der Waals surface area contributed by atoms with Crippen LogP contribution in [0.25, 0.3) is 11.1 Å². The van der Waals surface area contributed by atoms with Crippen molar-refractivity contribution in [1.29, 1.82) is 0 Å². The van der Waals surface area contributed by atoms with Crippen LogP contribution in [0.1, 0.15) is 34.0 Å². The molecule has 0 aliphatic rings. The Morgan fingerprint density at radius 1 is 0.914 bits per heavy atom. The van der Waals surface area contributed by atoms with E-state index in [0.717, 1.165) is 5.56 Å². The highest BCUT2D eigenvalue weighted by molar-refractivity contribution is 5.69. The van der Waals surface area contributed by atoms with Gasteiger partial charge in [0.15, 0.2) is 0 Å². The van der Waals surface area contributed by atoms with Crippen LogP contribution >= 0.6 is 0 Å². The molecule has 35 heavy (non-hydrogen) atoms. The van der Waals surface area contributed by atoms with E-state index < -0.39 is 17.7 Å². The van der Waals surface area contributed by atoms with E-state index in [4.69, 9.17) is 10.5 Å². The van der Waals surface area contributed by atoms with Crippen molar-refractivity contribution < 1.29 is 13.5 Å². The van der Waals surface area contributed by atoms with Crippen LogP contribution in [0, 0.1) is 25.5 Å². The van der Waals surface area contributed by atoms with Crippen molar-refractivity contribution in [2.45, 2.75) is 32.9 Å². The standard InChI is InChI=1S/C29H28F2N2O2/c1-18-23(16-24-25(30)13-8-14-26(24)31)19(2)33(17-27(32)20-9-5-4-6-10-20)29(34)28(18)21-11-7-12-22(15-21)35-3/h4-15,27H,16-17,32H2,1-3H3. The summed E-state index contributed by atoms with van der Waals surface area (Å²) in [5.74, 6) is -0.632. The highest BCUT2D eigenvalue weighted by Gasteiger charge is 2.22. The molecule has 180 valence electrons. The average molecular weight is 475 g/mol. The molecule has 2 N–H and O–H groups in total. The van der Waals surface area contributed by atoms with Gasteiger partial charge in [-0.05, 0) is 60.4 Å². The molecule has 4 rings (SSSR count). The second kappa shape index (κ2) is 10.2. The zero-order chi connectivity index (χ0) is 25.1. The van der Waals surface area contributed by atoms with Gasteiger partial charge in [0.2, 0.25) is 0 Å². The summed E-state index contributed by atoms with van der Waals surface area (Å²) in [6, 6.07) is 20.1. The number of hydrogen-bond donors (Lipinski definition) is 1. The molecule has 0 amide bonds. The Bertz CT molecular complexity index is 1390. The topological polar surface area (TPSA) is 57.2 Å². The smallest absolute Gasteiger partial charge is 0.258 e. The third-order valence-electron chi connectivity index (χ3n) is 6.51. The Hall–Kier alpha value is -3.77. The second-order valence-electron chi connectivity index (χ2n) is 8.61. The third-order valence-corrected chi connectivity index (χ3v) is 6.51. The highest BCUT2D eigenvalue weighted by Crippen LogP contribution is 2.30. The monoisotopic (exact) mass is 474 g/mol. The van der Waals surface area contributed by atoms with Gasteiger partial charge in [0.25, 0.3) is 5.56 Å². The number of methoxy groups -OCH3 is 1. The van der Waals surface area contributed by atoms with Gasteiger partial charge in [0.05, 0.1) is 12.7 Å². The summed E-state index contributed by atoms with van der Waals surface area (Å²) in [6.07, 6.45) is 0.00793. The highest BCUT2D eigenvalue weighted by atomic mass is 19.1. The quantitative estimate of drug-likeness (QED) is 0.373. The molecule has 0 aliphatic heterocycles. The molecule has 4 aromatic rings. The van der Waals surface area contributed by atoms with Gasteiger partial charge in [-0.1, -0.05) is 48.5 Å². The fraction of sp³-hybridized carbons (Fsp3) is 0.207. The van der Waals surface area contributed by atoms with Crippen LogP contribution in [0.4, 0.5) is 8.78 Å². The maximum Gasteiger partial charge on any atom is 0.258 e. The van der Waals surface area contributed by atoms with Gasteiger partial charge in [-0.3, -0.25) is 4.79 Å². The summed E-state index contributed by atoms with van der Waals surface area (Å²) in [7, 11) is 1.56. The summed E-state index contributed by atoms with van der Waals surface area (Å²) in [4.78, 5) is 13.8. The Labute approximate surface area is 203 Å². The number of nitrogens with zero attached hydrogens (tertiary/aromatic N) is 1. The second-order valence-corrected chi connectivity index (χ2v) is 8.61. The average Bonchev–Trinajstić information content (AvgIpc) is 2.86. The molecule has 1 heterocycles. The van der Waals surface area contributed by atoms with E-state index in [1.165, 1.54) is 18.2 Å². The van der Waals surface area contributed by atoms with Crippen LogP contribution in [-0.4, -0.2) is 11.7 Å². The maximum atomic E-state index is 14.6. The number of aromatic nitrogens is 1. The van der Waals surface area contributed by atoms with Gasteiger partial charge < -0.3 is 15.0 Å². The molecule has 6 heteroatoms. The largest absolute Gasteiger partial charge is 0.497 e. The molecule has 0 saturated heterocycles. The van der Waals surface area contributed by atoms with Gasteiger partial charge in [-0.25, -0.2) is 8.78 Å². The lowest BCUT2D eigenvalue weighted by Gasteiger charge is -2.23. The lowest BCUT2D eigenvalue weighted by Crippen LogP contribution is -2.31. The fourth-order valence-corrected chi connectivity index (χ4v) is 4.51. The Kier molecular flexibility index (Phi) is 7.12. The molecule has 1 atom stereocenters. The van der Waals surface area contributed by atoms with Crippen molar-refractivity contribution in [1.82, 2.24) is 4.57 Å². The predicted molar refractivity (Wildman–Crippen MR) is 135 cm³/mol. The van der Waals surface area contributed by atoms with Crippen molar-refractivity contribution >= 4 is 0 Å². The van der Waals surface area contributed by atoms with Crippen LogP contribution in [0.5, 0.6) is 5.75 Å². The summed E-state index contributed by atoms with van der Waals surface area (Å²) < 4.78 is 36.2. The summed E-state index contributed by atoms with van der Waals surface area (Å²) in [5.41, 5.74) is 10.3. The number of nitrogens with two attached hydrogens (primary N) is 1. The van der Waals surface area contributed by atoms with E-state index in [-0.39, 0.29) is 24.1 Å². The third kappa shape index (κ3) is 4.88. The molecule has 3 aromatic carbocycles. The molecular weight excluding hydrogens is 446 g/mol. The number of benzene rings is 3. The van der Waals surface area contributed by atoms with Crippen LogP contribution < -0.4 is 16.0 Å². The molecule has 1 aromatic heterocycles. The zero-order valence-corrected chi connectivity index (χ0v) is 20.0. The number of ether oxygens (including phenoxy) is 1. The van der Waals surface area contributed by atoms with E-state index in [1.807, 2.05) is 49.4 Å². The van der Waals surface area contributed by atoms with E-state index >= 15 is 0 Å². The van der Waals surface area contributed by atoms with E-state index in [1.54, 1.807) is 30.7 Å². The van der Waals surface area contributed by atoms with E-state index in [2.05, 4.69) is 0 Å². The van der Waals surface area contributed by atoms with Gasteiger partial charge in [-0.15, -0.1) is 0 Å². The number of pyridine rings is 1.